The molecule has 0 saturated carbocycles. The van der Waals surface area contributed by atoms with Crippen LogP contribution < -0.4 is 10.1 Å². The number of ether oxygens (including phenoxy) is 1. The van der Waals surface area contributed by atoms with Crippen LogP contribution in [0.15, 0.2) is 47.1 Å². The van der Waals surface area contributed by atoms with Crippen LogP contribution in [0.5, 0.6) is 5.75 Å². The molecule has 172 valence electrons. The van der Waals surface area contributed by atoms with E-state index < -0.39 is 0 Å². The van der Waals surface area contributed by atoms with Crippen molar-refractivity contribution in [2.45, 2.75) is 40.2 Å². The maximum atomic E-state index is 13.4. The Morgan fingerprint density at radius 2 is 2.00 bits per heavy atom. The van der Waals surface area contributed by atoms with E-state index in [4.69, 9.17) is 9.26 Å². The fourth-order valence-electron chi connectivity index (χ4n) is 3.94. The van der Waals surface area contributed by atoms with Crippen LogP contribution in [0.25, 0.3) is 0 Å². The smallest absolute Gasteiger partial charge is 0.257 e. The molecule has 2 aromatic heterocycles. The lowest BCUT2D eigenvalue weighted by atomic mass is 9.96. The highest BCUT2D eigenvalue weighted by Gasteiger charge is 2.30. The normalized spacial score (nSPS) is 15.8. The van der Waals surface area contributed by atoms with Crippen molar-refractivity contribution in [3.63, 3.8) is 0 Å². The first kappa shape index (κ1) is 22.5. The molecule has 1 unspecified atom stereocenters. The third-order valence-electron chi connectivity index (χ3n) is 5.91. The highest BCUT2D eigenvalue weighted by Crippen LogP contribution is 2.26. The number of anilines is 1. The number of pyridine rings is 1. The lowest BCUT2D eigenvalue weighted by Gasteiger charge is -2.32. The molecule has 1 aromatic carbocycles. The predicted octanol–water partition coefficient (Wildman–Crippen LogP) is 4.06. The van der Waals surface area contributed by atoms with Crippen molar-refractivity contribution in [3.8, 4) is 5.75 Å². The number of likely N-dealkylation sites (tertiary alicyclic amines) is 1. The molecule has 0 aliphatic carbocycles. The van der Waals surface area contributed by atoms with Crippen LogP contribution in [0.4, 0.5) is 5.82 Å². The first-order chi connectivity index (χ1) is 15.9. The molecule has 0 spiro atoms. The van der Waals surface area contributed by atoms with E-state index in [1.54, 1.807) is 29.3 Å². The second kappa shape index (κ2) is 9.85. The van der Waals surface area contributed by atoms with Gasteiger partial charge < -0.3 is 19.5 Å². The molecule has 1 aliphatic heterocycles. The SMILES string of the molecule is Cc1ccc(NC(=O)C2CCCN(C(=O)c3ccccc3OCc3c(C)noc3C)C2)nc1. The Morgan fingerprint density at radius 3 is 2.73 bits per heavy atom. The summed E-state index contributed by atoms with van der Waals surface area (Å²) < 4.78 is 11.2. The molecular formula is C25H28N4O4. The Bertz CT molecular complexity index is 1120. The standard InChI is InChI=1S/C25H28N4O4/c1-16-10-11-23(26-13-16)27-24(30)19-7-6-12-29(14-19)25(31)20-8-4-5-9-22(20)32-15-21-17(2)28-33-18(21)3/h4-5,8-11,13,19H,6-7,12,14-15H2,1-3H3,(H,26,27,30). The lowest BCUT2D eigenvalue weighted by molar-refractivity contribution is -0.121. The summed E-state index contributed by atoms with van der Waals surface area (Å²) in [5, 5.41) is 6.81. The van der Waals surface area contributed by atoms with Gasteiger partial charge in [0.25, 0.3) is 5.91 Å². The number of hydrogen-bond donors (Lipinski definition) is 1. The summed E-state index contributed by atoms with van der Waals surface area (Å²) in [7, 11) is 0. The molecule has 3 aromatic rings. The number of benzene rings is 1. The average Bonchev–Trinajstić information content (AvgIpc) is 3.16. The van der Waals surface area contributed by atoms with Crippen molar-refractivity contribution in [3.05, 3.63) is 70.7 Å². The minimum absolute atomic E-state index is 0.119. The molecule has 1 fully saturated rings. The quantitative estimate of drug-likeness (QED) is 0.611. The van der Waals surface area contributed by atoms with Gasteiger partial charge in [-0.3, -0.25) is 9.59 Å². The fourth-order valence-corrected chi connectivity index (χ4v) is 3.94. The molecule has 0 radical (unpaired) electrons. The maximum Gasteiger partial charge on any atom is 0.257 e. The number of piperidine rings is 1. The van der Waals surface area contributed by atoms with Gasteiger partial charge in [0, 0.05) is 19.3 Å². The Morgan fingerprint density at radius 1 is 1.18 bits per heavy atom. The van der Waals surface area contributed by atoms with Crippen LogP contribution in [0.1, 0.15) is 45.8 Å². The molecule has 1 atom stereocenters. The van der Waals surface area contributed by atoms with Crippen LogP contribution in [-0.4, -0.2) is 39.9 Å². The summed E-state index contributed by atoms with van der Waals surface area (Å²) >= 11 is 0. The van der Waals surface area contributed by atoms with Crippen molar-refractivity contribution >= 4 is 17.6 Å². The molecule has 33 heavy (non-hydrogen) atoms. The number of aryl methyl sites for hydroxylation is 3. The fraction of sp³-hybridized carbons (Fsp3) is 0.360. The van der Waals surface area contributed by atoms with Crippen LogP contribution in [0.2, 0.25) is 0 Å². The minimum Gasteiger partial charge on any atom is -0.488 e. The zero-order chi connectivity index (χ0) is 23.4. The Kier molecular flexibility index (Phi) is 6.72. The largest absolute Gasteiger partial charge is 0.488 e. The molecule has 4 rings (SSSR count). The van der Waals surface area contributed by atoms with Gasteiger partial charge in [-0.1, -0.05) is 23.4 Å². The van der Waals surface area contributed by atoms with Gasteiger partial charge in [-0.25, -0.2) is 4.98 Å². The molecule has 8 nitrogen and oxygen atoms in total. The second-order valence-corrected chi connectivity index (χ2v) is 8.39. The van der Waals surface area contributed by atoms with Crippen LogP contribution in [0.3, 0.4) is 0 Å². The molecule has 0 bridgehead atoms. The number of nitrogens with zero attached hydrogens (tertiary/aromatic N) is 3. The van der Waals surface area contributed by atoms with E-state index in [2.05, 4.69) is 15.5 Å². The molecule has 1 saturated heterocycles. The molecule has 8 heteroatoms. The Balaban J connectivity index is 1.43. The van der Waals surface area contributed by atoms with Gasteiger partial charge in [0.05, 0.1) is 22.7 Å². The van der Waals surface area contributed by atoms with Crippen molar-refractivity contribution in [2.75, 3.05) is 18.4 Å². The third kappa shape index (κ3) is 5.22. The lowest BCUT2D eigenvalue weighted by Crippen LogP contribution is -2.44. The summed E-state index contributed by atoms with van der Waals surface area (Å²) in [4.78, 5) is 32.1. The van der Waals surface area contributed by atoms with Crippen LogP contribution >= 0.6 is 0 Å². The van der Waals surface area contributed by atoms with E-state index in [1.165, 1.54) is 0 Å². The first-order valence-corrected chi connectivity index (χ1v) is 11.1. The van der Waals surface area contributed by atoms with Gasteiger partial charge in [0.1, 0.15) is 23.9 Å². The van der Waals surface area contributed by atoms with Crippen molar-refractivity contribution in [2.24, 2.45) is 5.92 Å². The highest BCUT2D eigenvalue weighted by molar-refractivity contribution is 5.98. The number of carbonyl (C=O) groups is 2. The van der Waals surface area contributed by atoms with Crippen LogP contribution in [0, 0.1) is 26.7 Å². The zero-order valence-electron chi connectivity index (χ0n) is 19.1. The predicted molar refractivity (Wildman–Crippen MR) is 123 cm³/mol. The highest BCUT2D eigenvalue weighted by atomic mass is 16.5. The number of hydrogen-bond acceptors (Lipinski definition) is 6. The van der Waals surface area contributed by atoms with E-state index in [-0.39, 0.29) is 24.3 Å². The van der Waals surface area contributed by atoms with Crippen molar-refractivity contribution in [1.82, 2.24) is 15.0 Å². The van der Waals surface area contributed by atoms with E-state index >= 15 is 0 Å². The molecule has 3 heterocycles. The molecule has 1 aliphatic rings. The number of carbonyl (C=O) groups excluding carboxylic acids is 2. The van der Waals surface area contributed by atoms with Crippen LogP contribution in [-0.2, 0) is 11.4 Å². The number of nitrogens with one attached hydrogen (secondary N) is 1. The van der Waals surface area contributed by atoms with Gasteiger partial charge in [-0.05, 0) is 57.4 Å². The van der Waals surface area contributed by atoms with E-state index in [9.17, 15) is 9.59 Å². The monoisotopic (exact) mass is 448 g/mol. The first-order valence-electron chi connectivity index (χ1n) is 11.1. The Labute approximate surface area is 192 Å². The van der Waals surface area contributed by atoms with Gasteiger partial charge >= 0.3 is 0 Å². The van der Waals surface area contributed by atoms with E-state index in [0.717, 1.165) is 29.7 Å². The minimum atomic E-state index is -0.291. The summed E-state index contributed by atoms with van der Waals surface area (Å²) in [6, 6.07) is 10.9. The van der Waals surface area contributed by atoms with Crippen molar-refractivity contribution < 1.29 is 18.8 Å². The van der Waals surface area contributed by atoms with Gasteiger partial charge in [0.15, 0.2) is 0 Å². The molecule has 1 N–H and O–H groups in total. The van der Waals surface area contributed by atoms with E-state index in [1.807, 2.05) is 39.0 Å². The average molecular weight is 449 g/mol. The molecular weight excluding hydrogens is 420 g/mol. The summed E-state index contributed by atoms with van der Waals surface area (Å²) in [6.07, 6.45) is 3.20. The van der Waals surface area contributed by atoms with Gasteiger partial charge in [0.2, 0.25) is 5.91 Å². The van der Waals surface area contributed by atoms with Gasteiger partial charge in [-0.15, -0.1) is 0 Å². The molecule has 2 amide bonds. The summed E-state index contributed by atoms with van der Waals surface area (Å²) in [6.45, 7) is 6.86. The third-order valence-corrected chi connectivity index (χ3v) is 5.91. The number of rotatable bonds is 6. The number of aromatic nitrogens is 2. The number of para-hydroxylation sites is 1. The Hall–Kier alpha value is -3.68. The van der Waals surface area contributed by atoms with Gasteiger partial charge in [-0.2, -0.15) is 0 Å². The summed E-state index contributed by atoms with van der Waals surface area (Å²) in [5.41, 5.74) is 3.14. The zero-order valence-corrected chi connectivity index (χ0v) is 19.1. The number of amides is 2. The maximum absolute atomic E-state index is 13.4. The summed E-state index contributed by atoms with van der Waals surface area (Å²) in [5.74, 6) is 1.16. The van der Waals surface area contributed by atoms with Crippen molar-refractivity contribution in [1.29, 1.82) is 0 Å². The second-order valence-electron chi connectivity index (χ2n) is 8.39. The van der Waals surface area contributed by atoms with E-state index in [0.29, 0.717) is 36.0 Å². The topological polar surface area (TPSA) is 97.6 Å².